The van der Waals surface area contributed by atoms with Gasteiger partial charge in [-0.15, -0.1) is 0 Å². The maximum absolute atomic E-state index is 13.0. The average Bonchev–Trinajstić information content (AvgIpc) is 3.81. The lowest BCUT2D eigenvalue weighted by Gasteiger charge is -2.32. The highest BCUT2D eigenvalue weighted by Crippen LogP contribution is 2.36. The predicted octanol–water partition coefficient (Wildman–Crippen LogP) is 0.999. The summed E-state index contributed by atoms with van der Waals surface area (Å²) in [5, 5.41) is 38.6. The third-order valence-electron chi connectivity index (χ3n) is 8.11. The third kappa shape index (κ3) is 11.4. The highest BCUT2D eigenvalue weighted by molar-refractivity contribution is 5.88. The molecule has 1 unspecified atom stereocenters. The van der Waals surface area contributed by atoms with E-state index in [1.165, 1.54) is 6.42 Å². The molecule has 228 valence electrons. The van der Waals surface area contributed by atoms with Crippen LogP contribution in [0.2, 0.25) is 0 Å². The number of nitrogens with two attached hydrogens (primary N) is 1. The number of rotatable bonds is 17. The van der Waals surface area contributed by atoms with Gasteiger partial charge in [-0.25, -0.2) is 0 Å². The first-order valence-electron chi connectivity index (χ1n) is 14.9. The summed E-state index contributed by atoms with van der Waals surface area (Å²) in [5.41, 5.74) is 6.31. The predicted molar refractivity (Wildman–Crippen MR) is 152 cm³/mol. The van der Waals surface area contributed by atoms with Crippen LogP contribution in [0.15, 0.2) is 30.3 Å². The molecule has 11 heteroatoms. The van der Waals surface area contributed by atoms with Crippen molar-refractivity contribution in [2.75, 3.05) is 6.54 Å². The third-order valence-corrected chi connectivity index (χ3v) is 8.11. The van der Waals surface area contributed by atoms with E-state index in [0.29, 0.717) is 12.3 Å². The second-order valence-electron chi connectivity index (χ2n) is 11.6. The SMILES string of the molecule is NC(CCC(=O)N[C@@H](Cc1ccccc1)C(=O)NCCC(=O)N[C@@H](CC1CCCCC1)[C@@H](O)[C@@H](O)C1CC1)C(=O)O. The smallest absolute Gasteiger partial charge is 0.320 e. The lowest BCUT2D eigenvalue weighted by atomic mass is 9.82. The number of amides is 3. The molecule has 2 aliphatic carbocycles. The summed E-state index contributed by atoms with van der Waals surface area (Å²) in [7, 11) is 0. The molecule has 0 radical (unpaired) electrons. The molecule has 41 heavy (non-hydrogen) atoms. The van der Waals surface area contributed by atoms with Crippen molar-refractivity contribution in [3.8, 4) is 0 Å². The van der Waals surface area contributed by atoms with E-state index in [9.17, 15) is 29.4 Å². The Bertz CT molecular complexity index is 998. The number of carbonyl (C=O) groups excluding carboxylic acids is 3. The summed E-state index contributed by atoms with van der Waals surface area (Å²) in [4.78, 5) is 49.3. The minimum atomic E-state index is -1.20. The Morgan fingerprint density at radius 2 is 1.56 bits per heavy atom. The second kappa shape index (κ2) is 16.4. The van der Waals surface area contributed by atoms with Crippen LogP contribution in [0.4, 0.5) is 0 Å². The monoisotopic (exact) mass is 574 g/mol. The van der Waals surface area contributed by atoms with Gasteiger partial charge in [-0.1, -0.05) is 62.4 Å². The number of benzene rings is 1. The van der Waals surface area contributed by atoms with Crippen molar-refractivity contribution in [2.24, 2.45) is 17.6 Å². The molecule has 0 spiro atoms. The number of carboxylic acids is 1. The van der Waals surface area contributed by atoms with Gasteiger partial charge < -0.3 is 37.0 Å². The lowest BCUT2D eigenvalue weighted by Crippen LogP contribution is -2.51. The molecule has 3 rings (SSSR count). The summed E-state index contributed by atoms with van der Waals surface area (Å²) in [6.07, 6.45) is 5.98. The van der Waals surface area contributed by atoms with Crippen molar-refractivity contribution in [1.82, 2.24) is 16.0 Å². The normalized spacial score (nSPS) is 19.3. The molecule has 0 aromatic heterocycles. The van der Waals surface area contributed by atoms with Crippen LogP contribution in [0.1, 0.15) is 76.2 Å². The van der Waals surface area contributed by atoms with Crippen molar-refractivity contribution < 1.29 is 34.5 Å². The molecule has 5 atom stereocenters. The van der Waals surface area contributed by atoms with Gasteiger partial charge in [-0.2, -0.15) is 0 Å². The Morgan fingerprint density at radius 3 is 2.20 bits per heavy atom. The molecule has 2 fully saturated rings. The molecule has 3 amide bonds. The zero-order chi connectivity index (χ0) is 29.8. The first-order valence-corrected chi connectivity index (χ1v) is 14.9. The van der Waals surface area contributed by atoms with Crippen LogP contribution < -0.4 is 21.7 Å². The van der Waals surface area contributed by atoms with Gasteiger partial charge >= 0.3 is 5.97 Å². The fraction of sp³-hybridized carbons (Fsp3) is 0.667. The molecule has 0 saturated heterocycles. The van der Waals surface area contributed by atoms with Crippen molar-refractivity contribution >= 4 is 23.7 Å². The molecule has 1 aromatic rings. The number of hydrogen-bond acceptors (Lipinski definition) is 7. The van der Waals surface area contributed by atoms with E-state index >= 15 is 0 Å². The Balaban J connectivity index is 1.53. The highest BCUT2D eigenvalue weighted by atomic mass is 16.4. The molecule has 1 aromatic carbocycles. The molecule has 0 bridgehead atoms. The topological polar surface area (TPSA) is 191 Å². The molecule has 0 aliphatic heterocycles. The number of aliphatic carboxylic acids is 1. The van der Waals surface area contributed by atoms with Gasteiger partial charge in [0.05, 0.1) is 12.1 Å². The molecule has 11 nitrogen and oxygen atoms in total. The number of carboxylic acid groups (broad SMARTS) is 1. The Kier molecular flexibility index (Phi) is 13.0. The number of aliphatic hydroxyl groups is 2. The molecule has 0 heterocycles. The fourth-order valence-corrected chi connectivity index (χ4v) is 5.46. The number of aliphatic hydroxyl groups excluding tert-OH is 2. The highest BCUT2D eigenvalue weighted by Gasteiger charge is 2.39. The summed E-state index contributed by atoms with van der Waals surface area (Å²) in [5.74, 6) is -2.04. The van der Waals surface area contributed by atoms with Gasteiger partial charge in [0, 0.05) is 25.8 Å². The standard InChI is InChI=1S/C30H46N4O7/c31-22(30(40)41)13-14-25(35)34-24(18-20-9-5-2-6-10-20)29(39)32-16-15-26(36)33-23(17-19-7-3-1-4-8-19)28(38)27(37)21-11-12-21/h2,5-6,9-10,19,21-24,27-28,37-38H,1,3-4,7-8,11-18,31H2,(H,32,39)(H,33,36)(H,34,35)(H,40,41)/t22?,23-,24-,27-,28+/m0/s1. The molecule has 8 N–H and O–H groups in total. The van der Waals surface area contributed by atoms with Gasteiger partial charge in [0.25, 0.3) is 0 Å². The average molecular weight is 575 g/mol. The van der Waals surface area contributed by atoms with Crippen molar-refractivity contribution in [2.45, 2.75) is 107 Å². The van der Waals surface area contributed by atoms with E-state index in [0.717, 1.165) is 44.1 Å². The Hall–Kier alpha value is -3.02. The van der Waals surface area contributed by atoms with Crippen LogP contribution in [-0.2, 0) is 25.6 Å². The summed E-state index contributed by atoms with van der Waals surface area (Å²) >= 11 is 0. The van der Waals surface area contributed by atoms with E-state index in [2.05, 4.69) is 16.0 Å². The molecular formula is C30H46N4O7. The maximum atomic E-state index is 13.0. The number of carbonyl (C=O) groups is 4. The van der Waals surface area contributed by atoms with Gasteiger partial charge in [0.15, 0.2) is 0 Å². The van der Waals surface area contributed by atoms with E-state index < -0.39 is 48.1 Å². The number of hydrogen-bond donors (Lipinski definition) is 7. The van der Waals surface area contributed by atoms with Gasteiger partial charge in [0.2, 0.25) is 17.7 Å². The van der Waals surface area contributed by atoms with Crippen LogP contribution in [0.3, 0.4) is 0 Å². The van der Waals surface area contributed by atoms with Gasteiger partial charge in [-0.3, -0.25) is 19.2 Å². The minimum absolute atomic E-state index is 0.0210. The Morgan fingerprint density at radius 1 is 0.902 bits per heavy atom. The van der Waals surface area contributed by atoms with Gasteiger partial charge in [0.1, 0.15) is 18.2 Å². The van der Waals surface area contributed by atoms with Crippen LogP contribution in [0.5, 0.6) is 0 Å². The van der Waals surface area contributed by atoms with E-state index in [1.54, 1.807) is 0 Å². The van der Waals surface area contributed by atoms with Crippen molar-refractivity contribution in [1.29, 1.82) is 0 Å². The first kappa shape index (κ1) is 32.5. The summed E-state index contributed by atoms with van der Waals surface area (Å²) in [6.45, 7) is 0.0210. The summed E-state index contributed by atoms with van der Waals surface area (Å²) in [6, 6.07) is 6.48. The first-order chi connectivity index (χ1) is 19.6. The van der Waals surface area contributed by atoms with E-state index in [4.69, 9.17) is 10.8 Å². The largest absolute Gasteiger partial charge is 0.480 e. The second-order valence-corrected chi connectivity index (χ2v) is 11.6. The zero-order valence-electron chi connectivity index (χ0n) is 23.7. The maximum Gasteiger partial charge on any atom is 0.320 e. The van der Waals surface area contributed by atoms with Gasteiger partial charge in [-0.05, 0) is 43.1 Å². The van der Waals surface area contributed by atoms with Crippen LogP contribution in [-0.4, -0.2) is 75.9 Å². The summed E-state index contributed by atoms with van der Waals surface area (Å²) < 4.78 is 0. The van der Waals surface area contributed by atoms with Crippen LogP contribution in [0.25, 0.3) is 0 Å². The van der Waals surface area contributed by atoms with Crippen LogP contribution in [0, 0.1) is 11.8 Å². The Labute approximate surface area is 241 Å². The fourth-order valence-electron chi connectivity index (χ4n) is 5.46. The molecule has 2 saturated carbocycles. The van der Waals surface area contributed by atoms with E-state index in [-0.39, 0.29) is 44.1 Å². The molecule has 2 aliphatic rings. The number of nitrogens with one attached hydrogen (secondary N) is 3. The zero-order valence-corrected chi connectivity index (χ0v) is 23.7. The van der Waals surface area contributed by atoms with E-state index in [1.807, 2.05) is 30.3 Å². The van der Waals surface area contributed by atoms with Crippen LogP contribution >= 0.6 is 0 Å². The minimum Gasteiger partial charge on any atom is -0.480 e. The quantitative estimate of drug-likeness (QED) is 0.143. The molecular weight excluding hydrogens is 528 g/mol. The lowest BCUT2D eigenvalue weighted by molar-refractivity contribution is -0.139. The van der Waals surface area contributed by atoms with Crippen molar-refractivity contribution in [3.05, 3.63) is 35.9 Å². The van der Waals surface area contributed by atoms with Crippen molar-refractivity contribution in [3.63, 3.8) is 0 Å².